The molecule has 3 unspecified atom stereocenters. The summed E-state index contributed by atoms with van der Waals surface area (Å²) in [5, 5.41) is 0. The number of rotatable bonds is 5. The summed E-state index contributed by atoms with van der Waals surface area (Å²) in [6.07, 6.45) is 3.84. The molecule has 1 heterocycles. The van der Waals surface area contributed by atoms with Crippen LogP contribution in [-0.4, -0.2) is 28.5 Å². The molecule has 0 aromatic carbocycles. The van der Waals surface area contributed by atoms with Crippen molar-refractivity contribution in [3.05, 3.63) is 29.6 Å². The molecular weight excluding hydrogens is 258 g/mol. The van der Waals surface area contributed by atoms with Crippen LogP contribution in [0.25, 0.3) is 0 Å². The van der Waals surface area contributed by atoms with E-state index < -0.39 is 0 Å². The second kappa shape index (κ2) is 6.89. The second-order valence-corrected chi connectivity index (χ2v) is 6.88. The first-order chi connectivity index (χ1) is 10.0. The molecule has 21 heavy (non-hydrogen) atoms. The highest BCUT2D eigenvalue weighted by molar-refractivity contribution is 5.11. The molecule has 0 bridgehead atoms. The van der Waals surface area contributed by atoms with Crippen molar-refractivity contribution in [3.8, 4) is 0 Å². The van der Waals surface area contributed by atoms with Crippen molar-refractivity contribution in [2.75, 3.05) is 13.1 Å². The molecule has 1 aliphatic carbocycles. The summed E-state index contributed by atoms with van der Waals surface area (Å²) in [4.78, 5) is 7.26. The Morgan fingerprint density at radius 2 is 2.10 bits per heavy atom. The molecule has 0 saturated heterocycles. The van der Waals surface area contributed by atoms with Gasteiger partial charge in [-0.3, -0.25) is 9.88 Å². The van der Waals surface area contributed by atoms with Crippen molar-refractivity contribution >= 4 is 0 Å². The summed E-state index contributed by atoms with van der Waals surface area (Å²) in [6, 6.07) is 6.30. The summed E-state index contributed by atoms with van der Waals surface area (Å²) in [7, 11) is 0. The average Bonchev–Trinajstić information content (AvgIpc) is 2.47. The zero-order chi connectivity index (χ0) is 15.5. The fourth-order valence-corrected chi connectivity index (χ4v) is 4.03. The van der Waals surface area contributed by atoms with Gasteiger partial charge < -0.3 is 5.73 Å². The molecule has 2 N–H and O–H groups in total. The summed E-state index contributed by atoms with van der Waals surface area (Å²) in [5.74, 6) is 1.42. The van der Waals surface area contributed by atoms with E-state index in [-0.39, 0.29) is 5.54 Å². The van der Waals surface area contributed by atoms with Gasteiger partial charge in [0.25, 0.3) is 0 Å². The van der Waals surface area contributed by atoms with E-state index in [0.29, 0.717) is 5.92 Å². The molecule has 3 heteroatoms. The molecule has 0 spiro atoms. The van der Waals surface area contributed by atoms with Crippen LogP contribution in [0.1, 0.15) is 51.4 Å². The van der Waals surface area contributed by atoms with E-state index >= 15 is 0 Å². The molecule has 1 aliphatic rings. The number of nitrogens with two attached hydrogens (primary N) is 1. The van der Waals surface area contributed by atoms with Crippen LogP contribution in [0.3, 0.4) is 0 Å². The second-order valence-electron chi connectivity index (χ2n) is 6.88. The molecule has 1 fully saturated rings. The number of hydrogen-bond acceptors (Lipinski definition) is 3. The molecule has 2 rings (SSSR count). The fraction of sp³-hybridized carbons (Fsp3) is 0.722. The number of hydrogen-bond donors (Lipinski definition) is 1. The van der Waals surface area contributed by atoms with Crippen molar-refractivity contribution < 1.29 is 0 Å². The molecule has 0 amide bonds. The summed E-state index contributed by atoms with van der Waals surface area (Å²) < 4.78 is 0. The molecule has 3 atom stereocenters. The maximum Gasteiger partial charge on any atom is 0.0547 e. The van der Waals surface area contributed by atoms with Crippen LogP contribution in [0.5, 0.6) is 0 Å². The van der Waals surface area contributed by atoms with Gasteiger partial charge in [0.1, 0.15) is 0 Å². The Morgan fingerprint density at radius 3 is 2.71 bits per heavy atom. The lowest BCUT2D eigenvalue weighted by Crippen LogP contribution is -2.60. The van der Waals surface area contributed by atoms with E-state index in [1.807, 2.05) is 0 Å². The van der Waals surface area contributed by atoms with Gasteiger partial charge in [-0.1, -0.05) is 33.3 Å². The average molecular weight is 289 g/mol. The normalized spacial score (nSPS) is 29.8. The van der Waals surface area contributed by atoms with Gasteiger partial charge in [0.05, 0.1) is 5.69 Å². The fourth-order valence-electron chi connectivity index (χ4n) is 4.03. The molecule has 118 valence electrons. The Labute approximate surface area is 129 Å². The zero-order valence-corrected chi connectivity index (χ0v) is 14.1. The van der Waals surface area contributed by atoms with E-state index in [0.717, 1.165) is 36.9 Å². The van der Waals surface area contributed by atoms with Crippen LogP contribution >= 0.6 is 0 Å². The van der Waals surface area contributed by atoms with Gasteiger partial charge in [-0.25, -0.2) is 0 Å². The van der Waals surface area contributed by atoms with E-state index in [4.69, 9.17) is 5.73 Å². The van der Waals surface area contributed by atoms with Crippen LogP contribution in [0.15, 0.2) is 18.2 Å². The Kier molecular flexibility index (Phi) is 5.39. The largest absolute Gasteiger partial charge is 0.329 e. The van der Waals surface area contributed by atoms with Crippen molar-refractivity contribution in [1.29, 1.82) is 0 Å². The highest BCUT2D eigenvalue weighted by atomic mass is 15.2. The van der Waals surface area contributed by atoms with Gasteiger partial charge in [-0.2, -0.15) is 0 Å². The predicted octanol–water partition coefficient (Wildman–Crippen LogP) is 3.37. The summed E-state index contributed by atoms with van der Waals surface area (Å²) in [6.45, 7) is 11.7. The van der Waals surface area contributed by atoms with Gasteiger partial charge in [0.15, 0.2) is 0 Å². The lowest BCUT2D eigenvalue weighted by atomic mass is 9.68. The molecule has 1 aromatic rings. The van der Waals surface area contributed by atoms with Gasteiger partial charge in [0.2, 0.25) is 0 Å². The lowest BCUT2D eigenvalue weighted by Gasteiger charge is -2.51. The monoisotopic (exact) mass is 289 g/mol. The minimum Gasteiger partial charge on any atom is -0.329 e. The van der Waals surface area contributed by atoms with E-state index in [2.05, 4.69) is 55.8 Å². The zero-order valence-electron chi connectivity index (χ0n) is 14.1. The van der Waals surface area contributed by atoms with Crippen molar-refractivity contribution in [3.63, 3.8) is 0 Å². The quantitative estimate of drug-likeness (QED) is 0.903. The minimum atomic E-state index is 0.137. The smallest absolute Gasteiger partial charge is 0.0547 e. The van der Waals surface area contributed by atoms with Gasteiger partial charge in [-0.05, 0) is 50.3 Å². The first kappa shape index (κ1) is 16.4. The van der Waals surface area contributed by atoms with Gasteiger partial charge in [-0.15, -0.1) is 0 Å². The van der Waals surface area contributed by atoms with Gasteiger partial charge in [0, 0.05) is 24.3 Å². The predicted molar refractivity (Wildman–Crippen MR) is 89.0 cm³/mol. The van der Waals surface area contributed by atoms with Crippen molar-refractivity contribution in [1.82, 2.24) is 9.88 Å². The standard InChI is InChI=1S/C18H31N3/c1-5-21(12-17-8-6-7-16(4)20-17)18(13-19)11-14(2)9-10-15(18)3/h6-8,14-15H,5,9-13,19H2,1-4H3. The molecule has 0 aliphatic heterocycles. The maximum atomic E-state index is 6.29. The maximum absolute atomic E-state index is 6.29. The van der Waals surface area contributed by atoms with Gasteiger partial charge >= 0.3 is 0 Å². The third-order valence-electron chi connectivity index (χ3n) is 5.38. The molecule has 0 radical (unpaired) electrons. The topological polar surface area (TPSA) is 42.2 Å². The van der Waals surface area contributed by atoms with Crippen LogP contribution in [0.4, 0.5) is 0 Å². The van der Waals surface area contributed by atoms with E-state index in [9.17, 15) is 0 Å². The Hall–Kier alpha value is -0.930. The van der Waals surface area contributed by atoms with Crippen LogP contribution < -0.4 is 5.73 Å². The highest BCUT2D eigenvalue weighted by Crippen LogP contribution is 2.41. The SMILES string of the molecule is CCN(Cc1cccc(C)n1)C1(CN)CC(C)CCC1C. The number of aryl methyl sites for hydroxylation is 1. The third-order valence-corrected chi connectivity index (χ3v) is 5.38. The number of aromatic nitrogens is 1. The number of pyridine rings is 1. The highest BCUT2D eigenvalue weighted by Gasteiger charge is 2.43. The Balaban J connectivity index is 2.24. The summed E-state index contributed by atoms with van der Waals surface area (Å²) in [5.41, 5.74) is 8.68. The van der Waals surface area contributed by atoms with Crippen molar-refractivity contribution in [2.24, 2.45) is 17.6 Å². The first-order valence-corrected chi connectivity index (χ1v) is 8.39. The van der Waals surface area contributed by atoms with Crippen molar-refractivity contribution in [2.45, 2.75) is 59.0 Å². The summed E-state index contributed by atoms with van der Waals surface area (Å²) >= 11 is 0. The molecule has 1 saturated carbocycles. The van der Waals surface area contributed by atoms with E-state index in [1.165, 1.54) is 19.3 Å². The van der Waals surface area contributed by atoms with Crippen LogP contribution in [-0.2, 0) is 6.54 Å². The lowest BCUT2D eigenvalue weighted by molar-refractivity contribution is -0.00714. The Bertz CT molecular complexity index is 460. The first-order valence-electron chi connectivity index (χ1n) is 8.39. The van der Waals surface area contributed by atoms with Crippen LogP contribution in [0, 0.1) is 18.8 Å². The van der Waals surface area contributed by atoms with E-state index in [1.54, 1.807) is 0 Å². The third kappa shape index (κ3) is 3.46. The number of nitrogens with zero attached hydrogens (tertiary/aromatic N) is 2. The molecule has 1 aromatic heterocycles. The molecule has 3 nitrogen and oxygen atoms in total. The van der Waals surface area contributed by atoms with Crippen LogP contribution in [0.2, 0.25) is 0 Å². The minimum absolute atomic E-state index is 0.137. The number of likely N-dealkylation sites (N-methyl/N-ethyl adjacent to an activating group) is 1. The Morgan fingerprint density at radius 1 is 1.33 bits per heavy atom. The molecular formula is C18H31N3.